The Morgan fingerprint density at radius 2 is 1.80 bits per heavy atom. The van der Waals surface area contributed by atoms with Crippen LogP contribution in [-0.2, 0) is 0 Å². The molecule has 1 aromatic heterocycles. The first-order chi connectivity index (χ1) is 12.2. The van der Waals surface area contributed by atoms with E-state index in [2.05, 4.69) is 20.1 Å². The van der Waals surface area contributed by atoms with E-state index >= 15 is 0 Å². The molecule has 7 heteroatoms. The zero-order chi connectivity index (χ0) is 17.2. The minimum absolute atomic E-state index is 0.120. The summed E-state index contributed by atoms with van der Waals surface area (Å²) in [6.45, 7) is -2.89. The maximum atomic E-state index is 12.8. The number of hydrogen-bond acceptors (Lipinski definition) is 4. The second-order valence-corrected chi connectivity index (χ2v) is 5.46. The van der Waals surface area contributed by atoms with Crippen LogP contribution in [0.1, 0.15) is 17.2 Å². The van der Waals surface area contributed by atoms with Gasteiger partial charge < -0.3 is 10.1 Å². The van der Waals surface area contributed by atoms with Crippen LogP contribution >= 0.6 is 0 Å². The van der Waals surface area contributed by atoms with Gasteiger partial charge in [-0.2, -0.15) is 18.9 Å². The molecule has 1 N–H and O–H groups in total. The van der Waals surface area contributed by atoms with E-state index in [9.17, 15) is 8.78 Å². The van der Waals surface area contributed by atoms with Crippen molar-refractivity contribution in [2.75, 3.05) is 5.32 Å². The number of fused-ring (bicyclic) bond motifs is 1. The van der Waals surface area contributed by atoms with Gasteiger partial charge in [-0.15, -0.1) is 0 Å². The Bertz CT molecular complexity index is 908. The van der Waals surface area contributed by atoms with Crippen molar-refractivity contribution >= 4 is 11.6 Å². The number of alkyl halides is 2. The van der Waals surface area contributed by atoms with E-state index < -0.39 is 12.7 Å². The van der Waals surface area contributed by atoms with Gasteiger partial charge >= 0.3 is 6.61 Å². The molecule has 25 heavy (non-hydrogen) atoms. The highest BCUT2D eigenvalue weighted by atomic mass is 19.3. The average molecular weight is 340 g/mol. The molecule has 0 aliphatic carbocycles. The molecule has 0 amide bonds. The molecule has 0 radical (unpaired) electrons. The van der Waals surface area contributed by atoms with E-state index in [1.807, 2.05) is 36.4 Å². The first-order valence-corrected chi connectivity index (χ1v) is 7.70. The smallest absolute Gasteiger partial charge is 0.387 e. The van der Waals surface area contributed by atoms with Gasteiger partial charge in [0.25, 0.3) is 0 Å². The number of hydrogen-bond donors (Lipinski definition) is 1. The fourth-order valence-corrected chi connectivity index (χ4v) is 2.87. The molecule has 3 aromatic rings. The fourth-order valence-electron chi connectivity index (χ4n) is 2.87. The standard InChI is InChI=1S/C18H14F2N4O/c19-17(20)25-16-9-5-4-8-13(16)15-10-14(12-6-2-1-3-7-12)23-18-21-11-22-24(15)18/h1-11,15,17H,(H,21,22,23). The molecule has 0 saturated heterocycles. The van der Waals surface area contributed by atoms with Gasteiger partial charge in [0.2, 0.25) is 5.95 Å². The number of benzene rings is 2. The van der Waals surface area contributed by atoms with E-state index in [-0.39, 0.29) is 5.75 Å². The van der Waals surface area contributed by atoms with Gasteiger partial charge in [0.15, 0.2) is 0 Å². The van der Waals surface area contributed by atoms with Crippen LogP contribution in [-0.4, -0.2) is 21.4 Å². The number of allylic oxidation sites excluding steroid dienone is 1. The summed E-state index contributed by atoms with van der Waals surface area (Å²) in [7, 11) is 0. The molecule has 2 aromatic carbocycles. The molecule has 0 saturated carbocycles. The molecule has 1 atom stereocenters. The molecule has 0 fully saturated rings. The fraction of sp³-hybridized carbons (Fsp3) is 0.111. The Hall–Kier alpha value is -3.22. The molecule has 5 nitrogen and oxygen atoms in total. The van der Waals surface area contributed by atoms with Crippen LogP contribution in [0.5, 0.6) is 5.75 Å². The lowest BCUT2D eigenvalue weighted by molar-refractivity contribution is -0.0506. The summed E-state index contributed by atoms with van der Waals surface area (Å²) in [5.74, 6) is 0.660. The summed E-state index contributed by atoms with van der Waals surface area (Å²) in [6, 6.07) is 16.0. The summed E-state index contributed by atoms with van der Waals surface area (Å²) in [4.78, 5) is 4.21. The molecule has 4 rings (SSSR count). The van der Waals surface area contributed by atoms with Gasteiger partial charge in [-0.05, 0) is 17.7 Å². The van der Waals surface area contributed by atoms with E-state index in [4.69, 9.17) is 0 Å². The number of aromatic nitrogens is 3. The van der Waals surface area contributed by atoms with Crippen molar-refractivity contribution in [3.05, 3.63) is 78.1 Å². The van der Waals surface area contributed by atoms with Crippen molar-refractivity contribution in [3.8, 4) is 5.75 Å². The predicted octanol–water partition coefficient (Wildman–Crippen LogP) is 3.94. The summed E-state index contributed by atoms with van der Waals surface area (Å²) in [5, 5.41) is 7.43. The monoisotopic (exact) mass is 340 g/mol. The van der Waals surface area contributed by atoms with E-state index in [1.54, 1.807) is 22.9 Å². The molecule has 0 bridgehead atoms. The highest BCUT2D eigenvalue weighted by Gasteiger charge is 2.26. The van der Waals surface area contributed by atoms with Gasteiger partial charge in [0.1, 0.15) is 18.1 Å². The van der Waals surface area contributed by atoms with E-state index in [1.165, 1.54) is 12.4 Å². The summed E-state index contributed by atoms with van der Waals surface area (Å²) in [6.07, 6.45) is 3.35. The number of rotatable bonds is 4. The van der Waals surface area contributed by atoms with Gasteiger partial charge in [0.05, 0.1) is 0 Å². The average Bonchev–Trinajstić information content (AvgIpc) is 3.10. The quantitative estimate of drug-likeness (QED) is 0.782. The lowest BCUT2D eigenvalue weighted by Crippen LogP contribution is -2.21. The maximum Gasteiger partial charge on any atom is 0.387 e. The number of nitrogens with one attached hydrogen (secondary N) is 1. The van der Waals surface area contributed by atoms with Crippen molar-refractivity contribution in [2.45, 2.75) is 12.7 Å². The maximum absolute atomic E-state index is 12.8. The van der Waals surface area contributed by atoms with E-state index in [0.717, 1.165) is 11.3 Å². The normalized spacial score (nSPS) is 16.1. The Balaban J connectivity index is 1.82. The SMILES string of the molecule is FC(F)Oc1ccccc1C1C=C(c2ccccc2)Nc2ncnn21. The molecule has 1 aliphatic heterocycles. The number of ether oxygens (including phenoxy) is 1. The van der Waals surface area contributed by atoms with Crippen LogP contribution < -0.4 is 10.1 Å². The third kappa shape index (κ3) is 2.96. The Morgan fingerprint density at radius 1 is 1.04 bits per heavy atom. The van der Waals surface area contributed by atoms with Crippen LogP contribution in [0.25, 0.3) is 5.70 Å². The first kappa shape index (κ1) is 15.3. The summed E-state index contributed by atoms with van der Waals surface area (Å²) in [5.41, 5.74) is 2.39. The van der Waals surface area contributed by atoms with Gasteiger partial charge in [-0.3, -0.25) is 0 Å². The molecular weight excluding hydrogens is 326 g/mol. The number of nitrogens with zero attached hydrogens (tertiary/aromatic N) is 3. The lowest BCUT2D eigenvalue weighted by Gasteiger charge is -2.25. The minimum Gasteiger partial charge on any atom is -0.434 e. The van der Waals surface area contributed by atoms with Crippen LogP contribution in [0.15, 0.2) is 67.0 Å². The second-order valence-electron chi connectivity index (χ2n) is 5.46. The van der Waals surface area contributed by atoms with E-state index in [0.29, 0.717) is 11.5 Å². The van der Waals surface area contributed by atoms with Crippen molar-refractivity contribution in [1.29, 1.82) is 0 Å². The topological polar surface area (TPSA) is 52.0 Å². The molecule has 0 spiro atoms. The minimum atomic E-state index is -2.89. The third-order valence-electron chi connectivity index (χ3n) is 3.95. The predicted molar refractivity (Wildman–Crippen MR) is 89.3 cm³/mol. The zero-order valence-electron chi connectivity index (χ0n) is 13.0. The molecule has 1 unspecified atom stereocenters. The molecule has 2 heterocycles. The summed E-state index contributed by atoms with van der Waals surface area (Å²) >= 11 is 0. The van der Waals surface area contributed by atoms with Crippen LogP contribution in [0.2, 0.25) is 0 Å². The highest BCUT2D eigenvalue weighted by Crippen LogP contribution is 2.36. The van der Waals surface area contributed by atoms with Gasteiger partial charge in [-0.25, -0.2) is 4.68 Å². The number of para-hydroxylation sites is 1. The number of anilines is 1. The highest BCUT2D eigenvalue weighted by molar-refractivity contribution is 5.77. The van der Waals surface area contributed by atoms with Gasteiger partial charge in [0, 0.05) is 11.3 Å². The number of halogens is 2. The van der Waals surface area contributed by atoms with Crippen molar-refractivity contribution in [1.82, 2.24) is 14.8 Å². The zero-order valence-corrected chi connectivity index (χ0v) is 13.0. The molecule has 1 aliphatic rings. The van der Waals surface area contributed by atoms with Crippen molar-refractivity contribution in [3.63, 3.8) is 0 Å². The lowest BCUT2D eigenvalue weighted by atomic mass is 10.0. The largest absolute Gasteiger partial charge is 0.434 e. The Labute approximate surface area is 142 Å². The molecular formula is C18H14F2N4O. The third-order valence-corrected chi connectivity index (χ3v) is 3.95. The Kier molecular flexibility index (Phi) is 3.89. The van der Waals surface area contributed by atoms with Crippen LogP contribution in [0.3, 0.4) is 0 Å². The molecule has 126 valence electrons. The van der Waals surface area contributed by atoms with Crippen molar-refractivity contribution < 1.29 is 13.5 Å². The van der Waals surface area contributed by atoms with Gasteiger partial charge in [-0.1, -0.05) is 48.5 Å². The summed E-state index contributed by atoms with van der Waals surface area (Å²) < 4.78 is 31.8. The Morgan fingerprint density at radius 3 is 2.60 bits per heavy atom. The van der Waals surface area contributed by atoms with Crippen molar-refractivity contribution in [2.24, 2.45) is 0 Å². The van der Waals surface area contributed by atoms with Crippen LogP contribution in [0.4, 0.5) is 14.7 Å². The second kappa shape index (κ2) is 6.35. The van der Waals surface area contributed by atoms with Crippen LogP contribution in [0, 0.1) is 0 Å². The first-order valence-electron chi connectivity index (χ1n) is 7.70.